The summed E-state index contributed by atoms with van der Waals surface area (Å²) in [5, 5.41) is 7.04. The Hall–Kier alpha value is -1.99. The molecule has 2 N–H and O–H groups in total. The third-order valence-electron chi connectivity index (χ3n) is 7.92. The van der Waals surface area contributed by atoms with E-state index in [0.717, 1.165) is 18.7 Å². The van der Waals surface area contributed by atoms with Crippen molar-refractivity contribution in [3.63, 3.8) is 0 Å². The first-order valence-corrected chi connectivity index (χ1v) is 13.2. The molecule has 3 aliphatic rings. The smallest absolute Gasteiger partial charge is 0.237 e. The molecule has 0 bridgehead atoms. The third kappa shape index (κ3) is 4.16. The lowest BCUT2D eigenvalue weighted by molar-refractivity contribution is -0.123. The third-order valence-corrected chi connectivity index (χ3v) is 8.44. The maximum atomic E-state index is 15.7. The van der Waals surface area contributed by atoms with Gasteiger partial charge in [0.15, 0.2) is 5.78 Å². The molecule has 3 aliphatic heterocycles. The second-order valence-electron chi connectivity index (χ2n) is 11.9. The first-order valence-electron chi connectivity index (χ1n) is 12.4. The van der Waals surface area contributed by atoms with Crippen LogP contribution in [0.15, 0.2) is 36.4 Å². The number of halogens is 3. The molecule has 2 saturated heterocycles. The van der Waals surface area contributed by atoms with Crippen LogP contribution in [-0.2, 0) is 15.0 Å². The number of benzene rings is 2. The zero-order valence-electron chi connectivity index (χ0n) is 21.0. The molecule has 1 amide bonds. The number of nitrogens with zero attached hydrogens (tertiary/aromatic N) is 1. The molecule has 3 heterocycles. The van der Waals surface area contributed by atoms with Gasteiger partial charge in [-0.2, -0.15) is 0 Å². The van der Waals surface area contributed by atoms with Crippen molar-refractivity contribution >= 4 is 40.6 Å². The van der Waals surface area contributed by atoms with Crippen molar-refractivity contribution in [1.29, 1.82) is 0 Å². The van der Waals surface area contributed by atoms with Gasteiger partial charge >= 0.3 is 0 Å². The fourth-order valence-corrected chi connectivity index (χ4v) is 6.93. The monoisotopic (exact) mass is 531 g/mol. The van der Waals surface area contributed by atoms with Crippen molar-refractivity contribution in [2.45, 2.75) is 57.0 Å². The number of fused-ring (bicyclic) bond motifs is 2. The van der Waals surface area contributed by atoms with Gasteiger partial charge < -0.3 is 15.5 Å². The largest absolute Gasteiger partial charge is 0.325 e. The summed E-state index contributed by atoms with van der Waals surface area (Å²) in [6.07, 6.45) is 0.991. The molecule has 5 rings (SSSR count). The predicted molar refractivity (Wildman–Crippen MR) is 141 cm³/mol. The first kappa shape index (κ1) is 25.7. The highest BCUT2D eigenvalue weighted by Gasteiger charge is 2.66. The molecule has 8 heteroatoms. The standard InChI is InChI=1S/C28H32Cl2FN3O2/c1-27(2,3)12-22-28(18-9-8-16(29)11-20(18)32-26(28)36)23(17-6-5-7-19(30)24(17)31)25(33-22)21(35)10-15-13-34(4)14-15/h5-9,11,15,22-23,25,33H,10,12-14H2,1-4H3,(H,32,36)/t22-,23+,25+,28+/m1/s1. The number of ketones is 1. The van der Waals surface area contributed by atoms with E-state index in [1.54, 1.807) is 24.3 Å². The van der Waals surface area contributed by atoms with E-state index in [1.165, 1.54) is 6.07 Å². The Labute approximate surface area is 221 Å². The number of Topliss-reactive ketones (excluding diaryl/α,β-unsaturated/α-hetero) is 1. The van der Waals surface area contributed by atoms with Crippen LogP contribution in [0.3, 0.4) is 0 Å². The average Bonchev–Trinajstić information content (AvgIpc) is 3.23. The number of carbonyl (C=O) groups is 2. The Morgan fingerprint density at radius 1 is 1.19 bits per heavy atom. The van der Waals surface area contributed by atoms with Crippen LogP contribution in [-0.4, -0.2) is 48.8 Å². The Kier molecular flexibility index (Phi) is 6.47. The summed E-state index contributed by atoms with van der Waals surface area (Å²) in [6, 6.07) is 9.02. The van der Waals surface area contributed by atoms with Gasteiger partial charge in [-0.25, -0.2) is 4.39 Å². The van der Waals surface area contributed by atoms with Crippen molar-refractivity contribution in [3.8, 4) is 0 Å². The minimum atomic E-state index is -1.20. The number of nitrogens with one attached hydrogen (secondary N) is 2. The second-order valence-corrected chi connectivity index (χ2v) is 12.7. The zero-order valence-corrected chi connectivity index (χ0v) is 22.5. The van der Waals surface area contributed by atoms with Gasteiger partial charge in [-0.3, -0.25) is 9.59 Å². The molecule has 0 unspecified atom stereocenters. The molecule has 2 aromatic carbocycles. The van der Waals surface area contributed by atoms with Crippen LogP contribution in [0.5, 0.6) is 0 Å². The number of anilines is 1. The molecular weight excluding hydrogens is 500 g/mol. The molecule has 0 aromatic heterocycles. The highest BCUT2D eigenvalue weighted by molar-refractivity contribution is 6.31. The topological polar surface area (TPSA) is 61.4 Å². The number of amides is 1. The van der Waals surface area contributed by atoms with Crippen molar-refractivity contribution in [1.82, 2.24) is 10.2 Å². The summed E-state index contributed by atoms with van der Waals surface area (Å²) >= 11 is 12.5. The summed E-state index contributed by atoms with van der Waals surface area (Å²) in [7, 11) is 2.03. The van der Waals surface area contributed by atoms with Gasteiger partial charge in [-0.15, -0.1) is 0 Å². The lowest BCUT2D eigenvalue weighted by atomic mass is 9.62. The lowest BCUT2D eigenvalue weighted by Crippen LogP contribution is -2.49. The normalized spacial score (nSPS) is 28.3. The Balaban J connectivity index is 1.71. The van der Waals surface area contributed by atoms with Crippen LogP contribution in [0.2, 0.25) is 10.0 Å². The van der Waals surface area contributed by atoms with Gasteiger partial charge in [0.25, 0.3) is 0 Å². The van der Waals surface area contributed by atoms with E-state index in [1.807, 2.05) is 13.1 Å². The lowest BCUT2D eigenvalue weighted by Gasteiger charge is -2.38. The fourth-order valence-electron chi connectivity index (χ4n) is 6.57. The molecule has 0 saturated carbocycles. The van der Waals surface area contributed by atoms with Crippen LogP contribution < -0.4 is 10.6 Å². The molecule has 5 nitrogen and oxygen atoms in total. The highest BCUT2D eigenvalue weighted by Crippen LogP contribution is 2.57. The zero-order chi connectivity index (χ0) is 26.0. The van der Waals surface area contributed by atoms with E-state index >= 15 is 4.39 Å². The summed E-state index contributed by atoms with van der Waals surface area (Å²) in [5.74, 6) is -1.34. The molecule has 2 aromatic rings. The Bertz CT molecular complexity index is 1220. The number of likely N-dealkylation sites (tertiary alicyclic amines) is 1. The van der Waals surface area contributed by atoms with E-state index in [0.29, 0.717) is 23.6 Å². The number of hydrogen-bond acceptors (Lipinski definition) is 4. The van der Waals surface area contributed by atoms with Crippen LogP contribution >= 0.6 is 23.2 Å². The van der Waals surface area contributed by atoms with Gasteiger partial charge in [0.1, 0.15) is 11.2 Å². The summed E-state index contributed by atoms with van der Waals surface area (Å²) in [5.41, 5.74) is 0.270. The van der Waals surface area contributed by atoms with Crippen LogP contribution in [0.1, 0.15) is 50.7 Å². The molecule has 0 radical (unpaired) electrons. The van der Waals surface area contributed by atoms with Gasteiger partial charge in [0.05, 0.1) is 11.1 Å². The number of hydrogen-bond donors (Lipinski definition) is 2. The van der Waals surface area contributed by atoms with Crippen LogP contribution in [0.4, 0.5) is 10.1 Å². The average molecular weight is 532 g/mol. The fraction of sp³-hybridized carbons (Fsp3) is 0.500. The SMILES string of the molecule is CN1CC(CC(=O)[C@@H]2N[C@H](CC(C)(C)C)[C@]3(C(=O)Nc4cc(Cl)ccc43)[C@H]2c2cccc(Cl)c2F)C1. The van der Waals surface area contributed by atoms with E-state index in [4.69, 9.17) is 23.2 Å². The predicted octanol–water partition coefficient (Wildman–Crippen LogP) is 5.40. The minimum Gasteiger partial charge on any atom is -0.325 e. The second kappa shape index (κ2) is 9.09. The van der Waals surface area contributed by atoms with Crippen molar-refractivity contribution in [3.05, 3.63) is 63.4 Å². The van der Waals surface area contributed by atoms with Crippen LogP contribution in [0, 0.1) is 17.2 Å². The van der Waals surface area contributed by atoms with Gasteiger partial charge in [-0.1, -0.05) is 62.2 Å². The molecular formula is C28H32Cl2FN3O2. The van der Waals surface area contributed by atoms with Crippen molar-refractivity contribution in [2.75, 3.05) is 25.5 Å². The Morgan fingerprint density at radius 3 is 2.58 bits per heavy atom. The number of carbonyl (C=O) groups excluding carboxylic acids is 2. The molecule has 192 valence electrons. The summed E-state index contributed by atoms with van der Waals surface area (Å²) < 4.78 is 15.7. The van der Waals surface area contributed by atoms with Crippen molar-refractivity contribution in [2.24, 2.45) is 11.3 Å². The van der Waals surface area contributed by atoms with Gasteiger partial charge in [0, 0.05) is 42.2 Å². The van der Waals surface area contributed by atoms with Crippen molar-refractivity contribution < 1.29 is 14.0 Å². The molecule has 2 fully saturated rings. The number of rotatable bonds is 5. The minimum absolute atomic E-state index is 0.00322. The molecule has 4 atom stereocenters. The first-order chi connectivity index (χ1) is 16.9. The maximum Gasteiger partial charge on any atom is 0.237 e. The van der Waals surface area contributed by atoms with E-state index in [-0.39, 0.29) is 33.6 Å². The quantitative estimate of drug-likeness (QED) is 0.541. The van der Waals surface area contributed by atoms with E-state index < -0.39 is 29.2 Å². The van der Waals surface area contributed by atoms with E-state index in [2.05, 4.69) is 36.3 Å². The Morgan fingerprint density at radius 2 is 1.92 bits per heavy atom. The maximum absolute atomic E-state index is 15.7. The summed E-state index contributed by atoms with van der Waals surface area (Å²) in [4.78, 5) is 30.1. The molecule has 0 aliphatic carbocycles. The molecule has 1 spiro atoms. The highest BCUT2D eigenvalue weighted by atomic mass is 35.5. The van der Waals surface area contributed by atoms with Gasteiger partial charge in [0.2, 0.25) is 5.91 Å². The van der Waals surface area contributed by atoms with E-state index in [9.17, 15) is 9.59 Å². The van der Waals surface area contributed by atoms with Gasteiger partial charge in [-0.05, 0) is 54.1 Å². The van der Waals surface area contributed by atoms with Crippen LogP contribution in [0.25, 0.3) is 0 Å². The summed E-state index contributed by atoms with van der Waals surface area (Å²) in [6.45, 7) is 8.02. The molecule has 36 heavy (non-hydrogen) atoms.